The van der Waals surface area contributed by atoms with Gasteiger partial charge in [0.05, 0.1) is 0 Å². The first-order valence-electron chi connectivity index (χ1n) is 6.49. The van der Waals surface area contributed by atoms with E-state index in [2.05, 4.69) is 45.5 Å². The summed E-state index contributed by atoms with van der Waals surface area (Å²) in [4.78, 5) is 1.32. The van der Waals surface area contributed by atoms with Crippen molar-refractivity contribution in [3.63, 3.8) is 0 Å². The molecular formula is C14H22BrNOS. The maximum Gasteiger partial charge on any atom is 0.0466 e. The molecule has 0 radical (unpaired) electrons. The van der Waals surface area contributed by atoms with Gasteiger partial charge in [-0.2, -0.15) is 0 Å². The molecule has 0 spiro atoms. The van der Waals surface area contributed by atoms with E-state index in [9.17, 15) is 0 Å². The standard InChI is InChI=1S/C14H22BrNOS/c1-2-17-10-4-3-8-16-9-11-18-14-7-5-6-13(15)12-14/h5-7,12,16H,2-4,8-11H2,1H3. The molecule has 1 N–H and O–H groups in total. The molecule has 1 rings (SSSR count). The Hall–Kier alpha value is -0.0300. The minimum absolute atomic E-state index is 0.830. The molecule has 0 unspecified atom stereocenters. The zero-order chi connectivity index (χ0) is 13.1. The molecule has 1 aromatic carbocycles. The van der Waals surface area contributed by atoms with E-state index in [0.717, 1.165) is 42.9 Å². The van der Waals surface area contributed by atoms with Gasteiger partial charge in [0.15, 0.2) is 0 Å². The molecule has 1 aromatic rings. The predicted octanol–water partition coefficient (Wildman–Crippen LogP) is 3.95. The molecule has 0 aromatic heterocycles. The molecule has 0 saturated carbocycles. The molecule has 0 amide bonds. The number of unbranched alkanes of at least 4 members (excludes halogenated alkanes) is 1. The number of ether oxygens (including phenoxy) is 1. The van der Waals surface area contributed by atoms with Crippen LogP contribution in [0.4, 0.5) is 0 Å². The van der Waals surface area contributed by atoms with E-state index in [1.54, 1.807) is 0 Å². The van der Waals surface area contributed by atoms with Gasteiger partial charge in [-0.3, -0.25) is 0 Å². The molecule has 0 saturated heterocycles. The Morgan fingerprint density at radius 3 is 2.94 bits per heavy atom. The van der Waals surface area contributed by atoms with E-state index in [0.29, 0.717) is 0 Å². The molecule has 0 fully saturated rings. The van der Waals surface area contributed by atoms with Gasteiger partial charge in [0.25, 0.3) is 0 Å². The van der Waals surface area contributed by atoms with Crippen LogP contribution in [0.15, 0.2) is 33.6 Å². The summed E-state index contributed by atoms with van der Waals surface area (Å²) in [6.07, 6.45) is 2.35. The van der Waals surface area contributed by atoms with Crippen LogP contribution < -0.4 is 5.32 Å². The topological polar surface area (TPSA) is 21.3 Å². The first-order chi connectivity index (χ1) is 8.83. The van der Waals surface area contributed by atoms with Gasteiger partial charge in [-0.15, -0.1) is 11.8 Å². The third kappa shape index (κ3) is 8.14. The van der Waals surface area contributed by atoms with Crippen molar-refractivity contribution in [3.8, 4) is 0 Å². The lowest BCUT2D eigenvalue weighted by molar-refractivity contribution is 0.143. The number of halogens is 1. The van der Waals surface area contributed by atoms with Gasteiger partial charge < -0.3 is 10.1 Å². The molecule has 0 atom stereocenters. The largest absolute Gasteiger partial charge is 0.382 e. The lowest BCUT2D eigenvalue weighted by Crippen LogP contribution is -2.18. The summed E-state index contributed by atoms with van der Waals surface area (Å²) in [5.41, 5.74) is 0. The van der Waals surface area contributed by atoms with Crippen LogP contribution in [0.3, 0.4) is 0 Å². The Morgan fingerprint density at radius 2 is 2.17 bits per heavy atom. The fourth-order valence-corrected chi connectivity index (χ4v) is 2.94. The zero-order valence-electron chi connectivity index (χ0n) is 11.0. The third-order valence-corrected chi connectivity index (χ3v) is 3.93. The first kappa shape index (κ1) is 16.0. The maximum atomic E-state index is 5.29. The van der Waals surface area contributed by atoms with Gasteiger partial charge in [-0.1, -0.05) is 22.0 Å². The molecule has 102 valence electrons. The quantitative estimate of drug-likeness (QED) is 0.518. The van der Waals surface area contributed by atoms with Crippen LogP contribution >= 0.6 is 27.7 Å². The molecule has 0 aliphatic rings. The van der Waals surface area contributed by atoms with E-state index < -0.39 is 0 Å². The van der Waals surface area contributed by atoms with Crippen molar-refractivity contribution >= 4 is 27.7 Å². The number of benzene rings is 1. The van der Waals surface area contributed by atoms with E-state index >= 15 is 0 Å². The summed E-state index contributed by atoms with van der Waals surface area (Å²) >= 11 is 5.37. The Labute approximate surface area is 123 Å². The number of hydrogen-bond donors (Lipinski definition) is 1. The van der Waals surface area contributed by atoms with Gasteiger partial charge >= 0.3 is 0 Å². The van der Waals surface area contributed by atoms with Gasteiger partial charge in [0.1, 0.15) is 0 Å². The van der Waals surface area contributed by atoms with Gasteiger partial charge in [-0.25, -0.2) is 0 Å². The molecule has 4 heteroatoms. The Kier molecular flexibility index (Phi) is 9.66. The maximum absolute atomic E-state index is 5.29. The molecule has 2 nitrogen and oxygen atoms in total. The van der Waals surface area contributed by atoms with Gasteiger partial charge in [0.2, 0.25) is 0 Å². The Bertz CT molecular complexity index is 322. The number of nitrogens with one attached hydrogen (secondary N) is 1. The minimum Gasteiger partial charge on any atom is -0.382 e. The van der Waals surface area contributed by atoms with Gasteiger partial charge in [0, 0.05) is 34.9 Å². The van der Waals surface area contributed by atoms with Crippen molar-refractivity contribution in [2.45, 2.75) is 24.7 Å². The average Bonchev–Trinajstić information content (AvgIpc) is 2.37. The van der Waals surface area contributed by atoms with E-state index in [1.807, 2.05) is 18.7 Å². The van der Waals surface area contributed by atoms with Crippen molar-refractivity contribution in [2.75, 3.05) is 32.1 Å². The summed E-state index contributed by atoms with van der Waals surface area (Å²) in [6.45, 7) is 5.91. The molecule has 0 aliphatic heterocycles. The fourth-order valence-electron chi connectivity index (χ4n) is 1.52. The summed E-state index contributed by atoms with van der Waals surface area (Å²) in [7, 11) is 0. The van der Waals surface area contributed by atoms with Crippen molar-refractivity contribution in [3.05, 3.63) is 28.7 Å². The smallest absolute Gasteiger partial charge is 0.0466 e. The van der Waals surface area contributed by atoms with Crippen molar-refractivity contribution in [1.82, 2.24) is 5.32 Å². The van der Waals surface area contributed by atoms with Crippen LogP contribution in [0.25, 0.3) is 0 Å². The highest BCUT2D eigenvalue weighted by molar-refractivity contribution is 9.10. The second-order valence-electron chi connectivity index (χ2n) is 3.96. The number of hydrogen-bond acceptors (Lipinski definition) is 3. The van der Waals surface area contributed by atoms with Crippen LogP contribution in [-0.4, -0.2) is 32.1 Å². The lowest BCUT2D eigenvalue weighted by Gasteiger charge is -2.05. The SMILES string of the molecule is CCOCCCCNCCSc1cccc(Br)c1. The Balaban J connectivity index is 1.92. The highest BCUT2D eigenvalue weighted by Crippen LogP contribution is 2.21. The average molecular weight is 332 g/mol. The summed E-state index contributed by atoms with van der Waals surface area (Å²) in [5, 5.41) is 3.46. The second-order valence-corrected chi connectivity index (χ2v) is 6.04. The summed E-state index contributed by atoms with van der Waals surface area (Å²) in [6, 6.07) is 8.44. The second kappa shape index (κ2) is 10.9. The van der Waals surface area contributed by atoms with Crippen LogP contribution in [-0.2, 0) is 4.74 Å². The minimum atomic E-state index is 0.830. The molecule has 0 heterocycles. The van der Waals surface area contributed by atoms with Crippen LogP contribution in [0.1, 0.15) is 19.8 Å². The highest BCUT2D eigenvalue weighted by Gasteiger charge is 1.95. The lowest BCUT2D eigenvalue weighted by atomic mass is 10.3. The predicted molar refractivity (Wildman–Crippen MR) is 83.5 cm³/mol. The molecular weight excluding hydrogens is 310 g/mol. The van der Waals surface area contributed by atoms with Crippen molar-refractivity contribution in [1.29, 1.82) is 0 Å². The zero-order valence-corrected chi connectivity index (χ0v) is 13.4. The summed E-state index contributed by atoms with van der Waals surface area (Å²) < 4.78 is 6.44. The molecule has 0 bridgehead atoms. The van der Waals surface area contributed by atoms with Crippen LogP contribution in [0.2, 0.25) is 0 Å². The number of rotatable bonds is 10. The summed E-state index contributed by atoms with van der Waals surface area (Å²) in [5.74, 6) is 1.11. The third-order valence-electron chi connectivity index (χ3n) is 2.44. The molecule has 18 heavy (non-hydrogen) atoms. The van der Waals surface area contributed by atoms with Crippen molar-refractivity contribution < 1.29 is 4.74 Å². The normalized spacial score (nSPS) is 10.8. The monoisotopic (exact) mass is 331 g/mol. The van der Waals surface area contributed by atoms with E-state index in [-0.39, 0.29) is 0 Å². The fraction of sp³-hybridized carbons (Fsp3) is 0.571. The van der Waals surface area contributed by atoms with Crippen LogP contribution in [0.5, 0.6) is 0 Å². The Morgan fingerprint density at radius 1 is 1.28 bits per heavy atom. The van der Waals surface area contributed by atoms with Crippen molar-refractivity contribution in [2.24, 2.45) is 0 Å². The first-order valence-corrected chi connectivity index (χ1v) is 8.27. The van der Waals surface area contributed by atoms with Crippen LogP contribution in [0, 0.1) is 0 Å². The van der Waals surface area contributed by atoms with E-state index in [4.69, 9.17) is 4.74 Å². The number of thioether (sulfide) groups is 1. The highest BCUT2D eigenvalue weighted by atomic mass is 79.9. The van der Waals surface area contributed by atoms with Gasteiger partial charge in [-0.05, 0) is 44.5 Å². The molecule has 0 aliphatic carbocycles. The van der Waals surface area contributed by atoms with E-state index in [1.165, 1.54) is 11.3 Å².